The molecule has 0 radical (unpaired) electrons. The molecule has 0 bridgehead atoms. The molecule has 2 aromatic carbocycles. The Hall–Kier alpha value is -1.77. The predicted octanol–water partition coefficient (Wildman–Crippen LogP) is 4.81. The van der Waals surface area contributed by atoms with E-state index in [9.17, 15) is 4.79 Å². The molecule has 0 fully saturated rings. The van der Waals surface area contributed by atoms with E-state index in [0.29, 0.717) is 22.3 Å². The highest BCUT2D eigenvalue weighted by Crippen LogP contribution is 2.33. The molecule has 3 aromatic rings. The molecule has 0 atom stereocenters. The van der Waals surface area contributed by atoms with Crippen LogP contribution in [0, 0.1) is 0 Å². The van der Waals surface area contributed by atoms with Gasteiger partial charge in [0.1, 0.15) is 5.15 Å². The van der Waals surface area contributed by atoms with Gasteiger partial charge in [-0.3, -0.25) is 4.79 Å². The summed E-state index contributed by atoms with van der Waals surface area (Å²) < 4.78 is 1.87. The van der Waals surface area contributed by atoms with Gasteiger partial charge in [0.05, 0.1) is 16.1 Å². The first-order valence-corrected chi connectivity index (χ1v) is 6.93. The SMILES string of the molecule is O=Cc1c(Cl)n(Cc2ccccc2)c2c(Cl)cccc12. The third-order valence-electron chi connectivity index (χ3n) is 3.31. The molecule has 1 heterocycles. The molecule has 0 aliphatic heterocycles. The van der Waals surface area contributed by atoms with Crippen molar-refractivity contribution in [2.75, 3.05) is 0 Å². The van der Waals surface area contributed by atoms with Gasteiger partial charge in [0.2, 0.25) is 0 Å². The number of carbonyl (C=O) groups is 1. The third-order valence-corrected chi connectivity index (χ3v) is 4.02. The van der Waals surface area contributed by atoms with Crippen molar-refractivity contribution in [1.29, 1.82) is 0 Å². The minimum Gasteiger partial charge on any atom is -0.325 e. The molecule has 0 amide bonds. The Labute approximate surface area is 126 Å². The number of hydrogen-bond acceptors (Lipinski definition) is 1. The number of aromatic nitrogens is 1. The molecule has 2 nitrogen and oxygen atoms in total. The maximum Gasteiger partial charge on any atom is 0.153 e. The first-order chi connectivity index (χ1) is 9.72. The Kier molecular flexibility index (Phi) is 3.51. The first kappa shape index (κ1) is 13.2. The van der Waals surface area contributed by atoms with Crippen LogP contribution in [-0.2, 0) is 6.54 Å². The van der Waals surface area contributed by atoms with E-state index in [2.05, 4.69) is 0 Å². The van der Waals surface area contributed by atoms with Crippen LogP contribution in [0.15, 0.2) is 48.5 Å². The van der Waals surface area contributed by atoms with Crippen LogP contribution in [-0.4, -0.2) is 10.9 Å². The summed E-state index contributed by atoms with van der Waals surface area (Å²) >= 11 is 12.6. The third kappa shape index (κ3) is 2.11. The van der Waals surface area contributed by atoms with Crippen LogP contribution in [0.25, 0.3) is 10.9 Å². The van der Waals surface area contributed by atoms with Crippen LogP contribution in [0.1, 0.15) is 15.9 Å². The van der Waals surface area contributed by atoms with Gasteiger partial charge in [0.15, 0.2) is 6.29 Å². The normalized spacial score (nSPS) is 10.9. The molecule has 0 aliphatic carbocycles. The zero-order valence-corrected chi connectivity index (χ0v) is 12.0. The number of para-hydroxylation sites is 1. The van der Waals surface area contributed by atoms with E-state index in [1.807, 2.05) is 47.0 Å². The van der Waals surface area contributed by atoms with Crippen molar-refractivity contribution in [1.82, 2.24) is 4.57 Å². The van der Waals surface area contributed by atoms with Crippen molar-refractivity contribution in [3.63, 3.8) is 0 Å². The molecule has 0 spiro atoms. The molecular formula is C16H11Cl2NO. The lowest BCUT2D eigenvalue weighted by molar-refractivity contribution is 0.112. The Morgan fingerprint density at radius 1 is 1.00 bits per heavy atom. The number of nitrogens with zero attached hydrogens (tertiary/aromatic N) is 1. The van der Waals surface area contributed by atoms with Crippen LogP contribution in [0.4, 0.5) is 0 Å². The van der Waals surface area contributed by atoms with Gasteiger partial charge >= 0.3 is 0 Å². The smallest absolute Gasteiger partial charge is 0.153 e. The van der Waals surface area contributed by atoms with E-state index in [-0.39, 0.29) is 0 Å². The standard InChI is InChI=1S/C16H11Cl2NO/c17-14-8-4-7-12-13(10-20)16(18)19(15(12)14)9-11-5-2-1-3-6-11/h1-8,10H,9H2. The van der Waals surface area contributed by atoms with E-state index >= 15 is 0 Å². The summed E-state index contributed by atoms with van der Waals surface area (Å²) in [5, 5.41) is 1.80. The minimum atomic E-state index is 0.423. The van der Waals surface area contributed by atoms with Gasteiger partial charge < -0.3 is 4.57 Å². The number of carbonyl (C=O) groups excluding carboxylic acids is 1. The van der Waals surface area contributed by atoms with Crippen molar-refractivity contribution in [2.24, 2.45) is 0 Å². The minimum absolute atomic E-state index is 0.423. The second kappa shape index (κ2) is 5.31. The van der Waals surface area contributed by atoms with Crippen molar-refractivity contribution in [3.05, 3.63) is 69.8 Å². The number of aldehydes is 1. The fourth-order valence-electron chi connectivity index (χ4n) is 2.39. The van der Waals surface area contributed by atoms with E-state index in [1.165, 1.54) is 0 Å². The number of fused-ring (bicyclic) bond motifs is 1. The Morgan fingerprint density at radius 3 is 2.45 bits per heavy atom. The molecule has 1 aromatic heterocycles. The van der Waals surface area contributed by atoms with Gasteiger partial charge in [-0.2, -0.15) is 0 Å². The fraction of sp³-hybridized carbons (Fsp3) is 0.0625. The summed E-state index contributed by atoms with van der Waals surface area (Å²) in [7, 11) is 0. The van der Waals surface area contributed by atoms with E-state index in [1.54, 1.807) is 6.07 Å². The number of halogens is 2. The molecule has 0 N–H and O–H groups in total. The largest absolute Gasteiger partial charge is 0.325 e. The second-order valence-corrected chi connectivity index (χ2v) is 5.30. The Bertz CT molecular complexity index is 778. The maximum atomic E-state index is 11.3. The molecule has 4 heteroatoms. The summed E-state index contributed by atoms with van der Waals surface area (Å²) in [5.74, 6) is 0. The van der Waals surface area contributed by atoms with Crippen LogP contribution < -0.4 is 0 Å². The van der Waals surface area contributed by atoms with Crippen LogP contribution >= 0.6 is 23.2 Å². The van der Waals surface area contributed by atoms with Gasteiger partial charge in [-0.15, -0.1) is 0 Å². The van der Waals surface area contributed by atoms with E-state index < -0.39 is 0 Å². The first-order valence-electron chi connectivity index (χ1n) is 6.17. The maximum absolute atomic E-state index is 11.3. The zero-order chi connectivity index (χ0) is 14.1. The molecule has 0 saturated heterocycles. The fourth-order valence-corrected chi connectivity index (χ4v) is 2.96. The zero-order valence-electron chi connectivity index (χ0n) is 10.5. The van der Waals surface area contributed by atoms with Gasteiger partial charge in [-0.1, -0.05) is 65.7 Å². The lowest BCUT2D eigenvalue weighted by Gasteiger charge is -2.08. The number of rotatable bonds is 3. The highest BCUT2D eigenvalue weighted by Gasteiger charge is 2.17. The van der Waals surface area contributed by atoms with Gasteiger partial charge in [-0.05, 0) is 11.6 Å². The number of benzene rings is 2. The van der Waals surface area contributed by atoms with Gasteiger partial charge in [-0.25, -0.2) is 0 Å². The van der Waals surface area contributed by atoms with E-state index in [4.69, 9.17) is 23.2 Å². The Balaban J connectivity index is 2.24. The summed E-state index contributed by atoms with van der Waals surface area (Å²) in [6.45, 7) is 0.577. The van der Waals surface area contributed by atoms with Crippen molar-refractivity contribution >= 4 is 40.4 Å². The van der Waals surface area contributed by atoms with Gasteiger partial charge in [0, 0.05) is 11.9 Å². The predicted molar refractivity (Wildman–Crippen MR) is 82.9 cm³/mol. The molecular weight excluding hydrogens is 293 g/mol. The lowest BCUT2D eigenvalue weighted by Crippen LogP contribution is -2.00. The summed E-state index contributed by atoms with van der Waals surface area (Å²) in [6.07, 6.45) is 0.780. The van der Waals surface area contributed by atoms with E-state index in [0.717, 1.165) is 22.8 Å². The average molecular weight is 304 g/mol. The quantitative estimate of drug-likeness (QED) is 0.636. The van der Waals surface area contributed by atoms with Gasteiger partial charge in [0.25, 0.3) is 0 Å². The average Bonchev–Trinajstić information content (AvgIpc) is 2.73. The molecule has 0 saturated carbocycles. The van der Waals surface area contributed by atoms with Crippen molar-refractivity contribution in [2.45, 2.75) is 6.54 Å². The molecule has 0 aliphatic rings. The Morgan fingerprint density at radius 2 is 1.75 bits per heavy atom. The summed E-state index contributed by atoms with van der Waals surface area (Å²) in [4.78, 5) is 11.3. The molecule has 0 unspecified atom stereocenters. The molecule has 100 valence electrons. The summed E-state index contributed by atoms with van der Waals surface area (Å²) in [5.41, 5.74) is 2.38. The topological polar surface area (TPSA) is 22.0 Å². The van der Waals surface area contributed by atoms with Crippen LogP contribution in [0.5, 0.6) is 0 Å². The monoisotopic (exact) mass is 303 g/mol. The lowest BCUT2D eigenvalue weighted by atomic mass is 10.2. The summed E-state index contributed by atoms with van der Waals surface area (Å²) in [6, 6.07) is 15.4. The van der Waals surface area contributed by atoms with Crippen molar-refractivity contribution in [3.8, 4) is 0 Å². The number of hydrogen-bond donors (Lipinski definition) is 0. The highest BCUT2D eigenvalue weighted by atomic mass is 35.5. The van der Waals surface area contributed by atoms with Crippen LogP contribution in [0.3, 0.4) is 0 Å². The highest BCUT2D eigenvalue weighted by molar-refractivity contribution is 6.38. The van der Waals surface area contributed by atoms with Crippen LogP contribution in [0.2, 0.25) is 10.2 Å². The second-order valence-electron chi connectivity index (χ2n) is 4.53. The molecule has 3 rings (SSSR count). The molecule has 20 heavy (non-hydrogen) atoms. The van der Waals surface area contributed by atoms with Crippen molar-refractivity contribution < 1.29 is 4.79 Å².